The van der Waals surface area contributed by atoms with E-state index in [0.717, 1.165) is 18.8 Å². The molecular formula is C12H18N4O. The Morgan fingerprint density at radius 2 is 2.12 bits per heavy atom. The van der Waals surface area contributed by atoms with E-state index >= 15 is 0 Å². The highest BCUT2D eigenvalue weighted by Crippen LogP contribution is 2.28. The summed E-state index contributed by atoms with van der Waals surface area (Å²) in [6, 6.07) is 3.69. The fourth-order valence-electron chi connectivity index (χ4n) is 2.27. The molecule has 2 N–H and O–H groups in total. The molecule has 0 radical (unpaired) electrons. The van der Waals surface area contributed by atoms with Crippen LogP contribution in [0.4, 0.5) is 11.5 Å². The molecule has 92 valence electrons. The number of carbonyl (C=O) groups excluding carboxylic acids is 1. The van der Waals surface area contributed by atoms with Crippen LogP contribution in [0.2, 0.25) is 0 Å². The van der Waals surface area contributed by atoms with E-state index in [1.807, 2.05) is 27.0 Å². The summed E-state index contributed by atoms with van der Waals surface area (Å²) in [6.07, 6.45) is 1.67. The van der Waals surface area contributed by atoms with Gasteiger partial charge in [-0.05, 0) is 19.9 Å². The maximum absolute atomic E-state index is 12.2. The van der Waals surface area contributed by atoms with Gasteiger partial charge in [-0.15, -0.1) is 0 Å². The lowest BCUT2D eigenvalue weighted by Crippen LogP contribution is -2.62. The Morgan fingerprint density at radius 1 is 1.41 bits per heavy atom. The van der Waals surface area contributed by atoms with Gasteiger partial charge in [0.15, 0.2) is 0 Å². The molecule has 1 saturated heterocycles. The molecule has 0 bridgehead atoms. The minimum absolute atomic E-state index is 0.124. The predicted molar refractivity (Wildman–Crippen MR) is 67.7 cm³/mol. The van der Waals surface area contributed by atoms with Crippen LogP contribution < -0.4 is 10.6 Å². The quantitative estimate of drug-likeness (QED) is 0.777. The number of rotatable bonds is 1. The minimum Gasteiger partial charge on any atom is -0.384 e. The van der Waals surface area contributed by atoms with E-state index in [1.165, 1.54) is 0 Å². The van der Waals surface area contributed by atoms with Crippen LogP contribution in [0.5, 0.6) is 0 Å². The van der Waals surface area contributed by atoms with Gasteiger partial charge in [-0.1, -0.05) is 0 Å². The van der Waals surface area contributed by atoms with Crippen LogP contribution in [0.15, 0.2) is 18.3 Å². The van der Waals surface area contributed by atoms with E-state index in [1.54, 1.807) is 17.2 Å². The highest BCUT2D eigenvalue weighted by atomic mass is 16.2. The van der Waals surface area contributed by atoms with Crippen molar-refractivity contribution in [1.29, 1.82) is 0 Å². The first-order valence-electron chi connectivity index (χ1n) is 5.67. The normalized spacial score (nSPS) is 19.6. The van der Waals surface area contributed by atoms with Crippen molar-refractivity contribution < 1.29 is 4.79 Å². The molecule has 1 aliphatic rings. The summed E-state index contributed by atoms with van der Waals surface area (Å²) in [5.41, 5.74) is 6.09. The third-order valence-corrected chi connectivity index (χ3v) is 3.28. The molecule has 1 aromatic heterocycles. The number of pyridine rings is 1. The summed E-state index contributed by atoms with van der Waals surface area (Å²) >= 11 is 0. The molecule has 0 spiro atoms. The SMILES string of the molecule is CN1CCN(c2ccnc(N)c2)C(C)(C)C1=O. The molecule has 5 nitrogen and oxygen atoms in total. The zero-order valence-electron chi connectivity index (χ0n) is 10.5. The largest absolute Gasteiger partial charge is 0.384 e. The number of likely N-dealkylation sites (N-methyl/N-ethyl adjacent to an activating group) is 1. The first-order valence-corrected chi connectivity index (χ1v) is 5.67. The van der Waals surface area contributed by atoms with Crippen molar-refractivity contribution in [3.05, 3.63) is 18.3 Å². The van der Waals surface area contributed by atoms with Crippen molar-refractivity contribution in [2.75, 3.05) is 30.8 Å². The monoisotopic (exact) mass is 234 g/mol. The van der Waals surface area contributed by atoms with E-state index in [9.17, 15) is 4.79 Å². The fourth-order valence-corrected chi connectivity index (χ4v) is 2.27. The third-order valence-electron chi connectivity index (χ3n) is 3.28. The molecule has 2 rings (SSSR count). The van der Waals surface area contributed by atoms with Gasteiger partial charge < -0.3 is 15.5 Å². The topological polar surface area (TPSA) is 62.5 Å². The van der Waals surface area contributed by atoms with Gasteiger partial charge in [-0.3, -0.25) is 4.79 Å². The summed E-state index contributed by atoms with van der Waals surface area (Å²) in [5, 5.41) is 0. The zero-order chi connectivity index (χ0) is 12.6. The Hall–Kier alpha value is -1.78. The summed E-state index contributed by atoms with van der Waals surface area (Å²) < 4.78 is 0. The molecule has 1 amide bonds. The number of hydrogen-bond acceptors (Lipinski definition) is 4. The van der Waals surface area contributed by atoms with Crippen molar-refractivity contribution in [1.82, 2.24) is 9.88 Å². The minimum atomic E-state index is -0.541. The number of hydrogen-bond donors (Lipinski definition) is 1. The molecule has 1 aromatic rings. The number of anilines is 2. The molecule has 1 aliphatic heterocycles. The summed E-state index contributed by atoms with van der Waals surface area (Å²) in [4.78, 5) is 20.0. The fraction of sp³-hybridized carbons (Fsp3) is 0.500. The zero-order valence-corrected chi connectivity index (χ0v) is 10.5. The number of amides is 1. The van der Waals surface area contributed by atoms with Crippen molar-refractivity contribution in [3.63, 3.8) is 0 Å². The van der Waals surface area contributed by atoms with Crippen molar-refractivity contribution >= 4 is 17.4 Å². The van der Waals surface area contributed by atoms with Crippen LogP contribution >= 0.6 is 0 Å². The molecule has 5 heteroatoms. The molecule has 0 saturated carbocycles. The summed E-state index contributed by atoms with van der Waals surface area (Å²) in [6.45, 7) is 5.40. The highest BCUT2D eigenvalue weighted by Gasteiger charge is 2.40. The van der Waals surface area contributed by atoms with Gasteiger partial charge in [0, 0.05) is 38.1 Å². The van der Waals surface area contributed by atoms with Crippen LogP contribution in [-0.2, 0) is 4.79 Å². The van der Waals surface area contributed by atoms with Gasteiger partial charge in [-0.25, -0.2) is 4.98 Å². The molecule has 0 atom stereocenters. The number of nitrogens with two attached hydrogens (primary N) is 1. The summed E-state index contributed by atoms with van der Waals surface area (Å²) in [7, 11) is 1.84. The lowest BCUT2D eigenvalue weighted by molar-refractivity contribution is -0.136. The lowest BCUT2D eigenvalue weighted by Gasteiger charge is -2.46. The first kappa shape index (κ1) is 11.7. The Morgan fingerprint density at radius 3 is 2.76 bits per heavy atom. The second-order valence-electron chi connectivity index (χ2n) is 4.88. The molecule has 0 unspecified atom stereocenters. The van der Waals surface area contributed by atoms with Crippen LogP contribution in [0, 0.1) is 0 Å². The number of nitrogen functional groups attached to an aromatic ring is 1. The Kier molecular flexibility index (Phi) is 2.69. The molecule has 0 aromatic carbocycles. The third kappa shape index (κ3) is 1.92. The molecule has 2 heterocycles. The van der Waals surface area contributed by atoms with Gasteiger partial charge in [0.1, 0.15) is 11.4 Å². The van der Waals surface area contributed by atoms with Gasteiger partial charge in [0.2, 0.25) is 5.91 Å². The van der Waals surface area contributed by atoms with Crippen molar-refractivity contribution in [2.45, 2.75) is 19.4 Å². The standard InChI is InChI=1S/C12H18N4O/c1-12(2)11(17)15(3)6-7-16(12)9-4-5-14-10(13)8-9/h4-5,8H,6-7H2,1-3H3,(H2,13,14). The van der Waals surface area contributed by atoms with Gasteiger partial charge in [-0.2, -0.15) is 0 Å². The number of nitrogens with zero attached hydrogens (tertiary/aromatic N) is 3. The maximum Gasteiger partial charge on any atom is 0.247 e. The van der Waals surface area contributed by atoms with Crippen LogP contribution in [0.1, 0.15) is 13.8 Å². The van der Waals surface area contributed by atoms with E-state index < -0.39 is 5.54 Å². The smallest absolute Gasteiger partial charge is 0.247 e. The molecule has 1 fully saturated rings. The average molecular weight is 234 g/mol. The molecular weight excluding hydrogens is 216 g/mol. The Balaban J connectivity index is 2.36. The Labute approximate surface area is 101 Å². The number of carbonyl (C=O) groups is 1. The lowest BCUT2D eigenvalue weighted by atomic mass is 9.97. The van der Waals surface area contributed by atoms with Crippen molar-refractivity contribution in [2.24, 2.45) is 0 Å². The van der Waals surface area contributed by atoms with Crippen molar-refractivity contribution in [3.8, 4) is 0 Å². The average Bonchev–Trinajstić information content (AvgIpc) is 2.26. The van der Waals surface area contributed by atoms with Crippen LogP contribution in [-0.4, -0.2) is 41.5 Å². The number of aromatic nitrogens is 1. The molecule has 17 heavy (non-hydrogen) atoms. The van der Waals surface area contributed by atoms with Gasteiger partial charge >= 0.3 is 0 Å². The summed E-state index contributed by atoms with van der Waals surface area (Å²) in [5.74, 6) is 0.601. The van der Waals surface area contributed by atoms with E-state index in [0.29, 0.717) is 5.82 Å². The van der Waals surface area contributed by atoms with Crippen LogP contribution in [0.25, 0.3) is 0 Å². The number of piperazine rings is 1. The van der Waals surface area contributed by atoms with E-state index in [-0.39, 0.29) is 5.91 Å². The second kappa shape index (κ2) is 3.91. The second-order valence-corrected chi connectivity index (χ2v) is 4.88. The van der Waals surface area contributed by atoms with E-state index in [4.69, 9.17) is 5.73 Å². The maximum atomic E-state index is 12.2. The van der Waals surface area contributed by atoms with E-state index in [2.05, 4.69) is 9.88 Å². The van der Waals surface area contributed by atoms with Gasteiger partial charge in [0.25, 0.3) is 0 Å². The molecule has 0 aliphatic carbocycles. The Bertz CT molecular complexity index is 444. The van der Waals surface area contributed by atoms with Crippen LogP contribution in [0.3, 0.4) is 0 Å². The first-order chi connectivity index (χ1) is 7.93. The van der Waals surface area contributed by atoms with Gasteiger partial charge in [0.05, 0.1) is 0 Å². The highest BCUT2D eigenvalue weighted by molar-refractivity contribution is 5.90. The predicted octanol–water partition coefficient (Wildman–Crippen LogP) is 0.721.